The van der Waals surface area contributed by atoms with Crippen molar-refractivity contribution in [2.24, 2.45) is 0 Å². The third kappa shape index (κ3) is 2.59. The maximum absolute atomic E-state index is 4.36. The molecule has 0 spiro atoms. The van der Waals surface area contributed by atoms with E-state index in [-0.39, 0.29) is 6.04 Å². The van der Waals surface area contributed by atoms with Crippen LogP contribution in [0.15, 0.2) is 30.6 Å². The fraction of sp³-hybridized carbons (Fsp3) is 0.357. The van der Waals surface area contributed by atoms with Crippen LogP contribution in [0.3, 0.4) is 0 Å². The summed E-state index contributed by atoms with van der Waals surface area (Å²) in [6.07, 6.45) is 4.06. The number of aromatic nitrogens is 2. The molecule has 0 bridgehead atoms. The zero-order valence-corrected chi connectivity index (χ0v) is 13.1. The molecule has 2 rings (SSSR count). The van der Waals surface area contributed by atoms with Gasteiger partial charge in [0.05, 0.1) is 12.2 Å². The molecule has 0 saturated heterocycles. The Morgan fingerprint density at radius 1 is 1.44 bits per heavy atom. The van der Waals surface area contributed by atoms with Crippen LogP contribution in [0.5, 0.6) is 0 Å². The molecule has 0 fully saturated rings. The Morgan fingerprint density at radius 3 is 2.83 bits per heavy atom. The van der Waals surface area contributed by atoms with Crippen LogP contribution in [0.1, 0.15) is 29.7 Å². The number of nitrogens with one attached hydrogen (secondary N) is 1. The van der Waals surface area contributed by atoms with Gasteiger partial charge in [-0.15, -0.1) is 0 Å². The highest BCUT2D eigenvalue weighted by Gasteiger charge is 2.17. The summed E-state index contributed by atoms with van der Waals surface area (Å²) in [4.78, 5) is 0. The van der Waals surface area contributed by atoms with Crippen LogP contribution in [0.4, 0.5) is 0 Å². The zero-order chi connectivity index (χ0) is 13.1. The van der Waals surface area contributed by atoms with Gasteiger partial charge in [0.1, 0.15) is 0 Å². The molecular formula is C14H18IN3. The molecule has 2 aromatic rings. The van der Waals surface area contributed by atoms with Crippen molar-refractivity contribution >= 4 is 22.6 Å². The molecule has 0 aliphatic heterocycles. The quantitative estimate of drug-likeness (QED) is 0.855. The molecule has 4 heteroatoms. The molecular weight excluding hydrogens is 337 g/mol. The van der Waals surface area contributed by atoms with Gasteiger partial charge in [-0.05, 0) is 54.6 Å². The average Bonchev–Trinajstić information content (AvgIpc) is 2.84. The number of nitrogens with zero attached hydrogens (tertiary/aromatic N) is 2. The minimum absolute atomic E-state index is 0.206. The van der Waals surface area contributed by atoms with Crippen molar-refractivity contribution in [3.63, 3.8) is 0 Å². The summed E-state index contributed by atoms with van der Waals surface area (Å²) in [6, 6.07) is 6.64. The predicted molar refractivity (Wildman–Crippen MR) is 82.7 cm³/mol. The number of hydrogen-bond donors (Lipinski definition) is 1. The molecule has 1 aromatic carbocycles. The van der Waals surface area contributed by atoms with Gasteiger partial charge < -0.3 is 5.32 Å². The smallest absolute Gasteiger partial charge is 0.0616 e. The van der Waals surface area contributed by atoms with Crippen LogP contribution in [-0.4, -0.2) is 16.8 Å². The van der Waals surface area contributed by atoms with Crippen molar-refractivity contribution in [2.45, 2.75) is 26.4 Å². The molecule has 1 unspecified atom stereocenters. The third-order valence-electron chi connectivity index (χ3n) is 3.13. The summed E-state index contributed by atoms with van der Waals surface area (Å²) in [6.45, 7) is 5.15. The van der Waals surface area contributed by atoms with Crippen molar-refractivity contribution in [1.29, 1.82) is 0 Å². The van der Waals surface area contributed by atoms with Gasteiger partial charge in [-0.25, -0.2) is 0 Å². The van der Waals surface area contributed by atoms with E-state index in [4.69, 9.17) is 0 Å². The van der Waals surface area contributed by atoms with E-state index in [0.717, 1.165) is 6.54 Å². The van der Waals surface area contributed by atoms with E-state index in [1.807, 2.05) is 17.9 Å². The molecule has 1 aromatic heterocycles. The predicted octanol–water partition coefficient (Wildman–Crippen LogP) is 3.12. The minimum Gasteiger partial charge on any atom is -0.309 e. The number of halogens is 1. The van der Waals surface area contributed by atoms with Crippen molar-refractivity contribution in [1.82, 2.24) is 15.1 Å². The third-order valence-corrected chi connectivity index (χ3v) is 4.61. The topological polar surface area (TPSA) is 29.9 Å². The van der Waals surface area contributed by atoms with Crippen molar-refractivity contribution in [3.8, 4) is 0 Å². The van der Waals surface area contributed by atoms with E-state index in [0.29, 0.717) is 0 Å². The van der Waals surface area contributed by atoms with Gasteiger partial charge in [0.15, 0.2) is 0 Å². The summed E-state index contributed by atoms with van der Waals surface area (Å²) >= 11 is 2.42. The van der Waals surface area contributed by atoms with Crippen LogP contribution < -0.4 is 5.32 Å². The van der Waals surface area contributed by atoms with E-state index < -0.39 is 0 Å². The highest BCUT2D eigenvalue weighted by Crippen LogP contribution is 2.27. The van der Waals surface area contributed by atoms with E-state index in [9.17, 15) is 0 Å². The second-order valence-electron chi connectivity index (χ2n) is 4.33. The van der Waals surface area contributed by atoms with Gasteiger partial charge in [-0.3, -0.25) is 4.68 Å². The normalized spacial score (nSPS) is 12.7. The Kier molecular flexibility index (Phi) is 4.40. The van der Waals surface area contributed by atoms with Crippen LogP contribution in [0.25, 0.3) is 0 Å². The summed E-state index contributed by atoms with van der Waals surface area (Å²) in [7, 11) is 1.99. The van der Waals surface area contributed by atoms with E-state index in [1.165, 1.54) is 20.3 Å². The second-order valence-corrected chi connectivity index (χ2v) is 5.41. The molecule has 96 valence electrons. The first-order valence-corrected chi connectivity index (χ1v) is 7.19. The van der Waals surface area contributed by atoms with E-state index >= 15 is 0 Å². The highest BCUT2D eigenvalue weighted by atomic mass is 127. The first kappa shape index (κ1) is 13.5. The van der Waals surface area contributed by atoms with Crippen molar-refractivity contribution in [2.75, 3.05) is 7.05 Å². The lowest BCUT2D eigenvalue weighted by Crippen LogP contribution is -2.18. The lowest BCUT2D eigenvalue weighted by Gasteiger charge is -2.17. The fourth-order valence-corrected chi connectivity index (χ4v) is 2.77. The van der Waals surface area contributed by atoms with Gasteiger partial charge in [0.2, 0.25) is 0 Å². The lowest BCUT2D eigenvalue weighted by molar-refractivity contribution is 0.653. The Labute approximate surface area is 122 Å². The lowest BCUT2D eigenvalue weighted by atomic mass is 10.00. The SMILES string of the molecule is CCn1cc(C(NC)c2cccc(C)c2I)cn1. The molecule has 1 atom stereocenters. The van der Waals surface area contributed by atoms with E-state index in [2.05, 4.69) is 71.2 Å². The first-order valence-electron chi connectivity index (χ1n) is 6.12. The van der Waals surface area contributed by atoms with Gasteiger partial charge in [-0.1, -0.05) is 18.2 Å². The number of rotatable bonds is 4. The molecule has 0 aliphatic carbocycles. The zero-order valence-electron chi connectivity index (χ0n) is 10.9. The Hall–Kier alpha value is -0.880. The minimum atomic E-state index is 0.206. The van der Waals surface area contributed by atoms with Crippen LogP contribution in [0.2, 0.25) is 0 Å². The summed E-state index contributed by atoms with van der Waals surface area (Å²) in [5, 5.41) is 7.74. The molecule has 1 N–H and O–H groups in total. The van der Waals surface area contributed by atoms with Gasteiger partial charge >= 0.3 is 0 Å². The molecule has 1 heterocycles. The molecule has 0 amide bonds. The fourth-order valence-electron chi connectivity index (χ4n) is 2.10. The first-order chi connectivity index (χ1) is 8.67. The maximum atomic E-state index is 4.36. The Morgan fingerprint density at radius 2 is 2.22 bits per heavy atom. The molecule has 18 heavy (non-hydrogen) atoms. The largest absolute Gasteiger partial charge is 0.309 e. The van der Waals surface area contributed by atoms with Crippen LogP contribution in [0, 0.1) is 10.5 Å². The standard InChI is InChI=1S/C14H18IN3/c1-4-18-9-11(8-17-18)14(16-3)12-7-5-6-10(2)13(12)15/h5-9,14,16H,4H2,1-3H3. The highest BCUT2D eigenvalue weighted by molar-refractivity contribution is 14.1. The molecule has 0 radical (unpaired) electrons. The molecule has 0 aliphatic rings. The van der Waals surface area contributed by atoms with Gasteiger partial charge in [0, 0.05) is 21.9 Å². The van der Waals surface area contributed by atoms with Gasteiger partial charge in [-0.2, -0.15) is 5.10 Å². The van der Waals surface area contributed by atoms with Crippen LogP contribution >= 0.6 is 22.6 Å². The van der Waals surface area contributed by atoms with Crippen molar-refractivity contribution in [3.05, 3.63) is 50.9 Å². The average molecular weight is 355 g/mol. The number of aryl methyl sites for hydroxylation is 2. The Bertz CT molecular complexity index is 534. The van der Waals surface area contributed by atoms with Crippen LogP contribution in [-0.2, 0) is 6.54 Å². The summed E-state index contributed by atoms with van der Waals surface area (Å²) in [5.74, 6) is 0. The number of hydrogen-bond acceptors (Lipinski definition) is 2. The summed E-state index contributed by atoms with van der Waals surface area (Å²) in [5.41, 5.74) is 3.84. The monoisotopic (exact) mass is 355 g/mol. The van der Waals surface area contributed by atoms with E-state index in [1.54, 1.807) is 0 Å². The summed E-state index contributed by atoms with van der Waals surface area (Å²) < 4.78 is 3.28. The molecule has 0 saturated carbocycles. The molecule has 3 nitrogen and oxygen atoms in total. The second kappa shape index (κ2) is 5.84. The van der Waals surface area contributed by atoms with Gasteiger partial charge in [0.25, 0.3) is 0 Å². The maximum Gasteiger partial charge on any atom is 0.0616 e. The van der Waals surface area contributed by atoms with Crippen molar-refractivity contribution < 1.29 is 0 Å². The Balaban J connectivity index is 2.41. The number of benzene rings is 1.